The summed E-state index contributed by atoms with van der Waals surface area (Å²) in [6, 6.07) is 0. The Morgan fingerprint density at radius 1 is 1.52 bits per heavy atom. The number of nitrogens with zero attached hydrogens (tertiary/aromatic N) is 1. The number of rotatable bonds is 7. The summed E-state index contributed by atoms with van der Waals surface area (Å²) in [6.45, 7) is 11.4. The SMILES string of the molecule is C=CCOC(=O)C1=C(CO)S[C@@H]2[C@@H]([C@@H](C)O[Si](C)(C)C)C(=O)N12. The predicted molar refractivity (Wildman–Crippen MR) is 90.9 cm³/mol. The average Bonchev–Trinajstić information content (AvgIpc) is 2.77. The minimum atomic E-state index is -1.77. The summed E-state index contributed by atoms with van der Waals surface area (Å²) in [5, 5.41) is 9.30. The molecule has 2 aliphatic heterocycles. The smallest absolute Gasteiger partial charge is 0.356 e. The van der Waals surface area contributed by atoms with Crippen LogP contribution in [0.15, 0.2) is 23.3 Å². The largest absolute Gasteiger partial charge is 0.457 e. The van der Waals surface area contributed by atoms with Crippen molar-refractivity contribution in [1.82, 2.24) is 4.90 Å². The Labute approximate surface area is 141 Å². The molecule has 128 valence electrons. The van der Waals surface area contributed by atoms with Gasteiger partial charge < -0.3 is 14.3 Å². The van der Waals surface area contributed by atoms with Gasteiger partial charge in [0.25, 0.3) is 0 Å². The number of carbonyl (C=O) groups excluding carboxylic acids is 2. The molecule has 1 amide bonds. The zero-order valence-corrected chi connectivity index (χ0v) is 15.7. The zero-order valence-electron chi connectivity index (χ0n) is 13.9. The van der Waals surface area contributed by atoms with Gasteiger partial charge in [-0.1, -0.05) is 24.4 Å². The molecule has 1 N–H and O–H groups in total. The van der Waals surface area contributed by atoms with E-state index in [9.17, 15) is 14.7 Å². The molecular formula is C15H23NO5SSi. The normalized spacial score (nSPS) is 25.1. The Morgan fingerprint density at radius 3 is 2.70 bits per heavy atom. The number of hydrogen-bond donors (Lipinski definition) is 1. The van der Waals surface area contributed by atoms with Gasteiger partial charge in [0.05, 0.1) is 18.6 Å². The van der Waals surface area contributed by atoms with Crippen LogP contribution in [-0.4, -0.2) is 54.9 Å². The van der Waals surface area contributed by atoms with E-state index in [0.29, 0.717) is 4.91 Å². The van der Waals surface area contributed by atoms with Crippen molar-refractivity contribution < 1.29 is 23.9 Å². The maximum absolute atomic E-state index is 12.5. The van der Waals surface area contributed by atoms with Crippen LogP contribution < -0.4 is 0 Å². The third-order valence-electron chi connectivity index (χ3n) is 3.57. The van der Waals surface area contributed by atoms with Crippen molar-refractivity contribution in [2.75, 3.05) is 13.2 Å². The van der Waals surface area contributed by atoms with Crippen LogP contribution in [0.2, 0.25) is 19.6 Å². The second-order valence-electron chi connectivity index (χ2n) is 6.49. The third kappa shape index (κ3) is 3.55. The van der Waals surface area contributed by atoms with Crippen molar-refractivity contribution in [2.45, 2.75) is 38.0 Å². The summed E-state index contributed by atoms with van der Waals surface area (Å²) >= 11 is 1.34. The lowest BCUT2D eigenvalue weighted by molar-refractivity contribution is -0.157. The molecule has 1 fully saturated rings. The maximum Gasteiger partial charge on any atom is 0.356 e. The fourth-order valence-electron chi connectivity index (χ4n) is 2.78. The molecule has 1 saturated heterocycles. The standard InChI is InChI=1S/C15H23NO5SSi/c1-6-7-20-15(19)12-10(8-17)22-14-11(13(18)16(12)14)9(2)21-23(3,4)5/h6,9,11,14,17H,1,7-8H2,2-5H3/t9-,11+,14-/m1/s1. The fourth-order valence-corrected chi connectivity index (χ4v) is 5.50. The number of aliphatic hydroxyl groups excluding tert-OH is 1. The van der Waals surface area contributed by atoms with Crippen LogP contribution in [0.3, 0.4) is 0 Å². The molecule has 0 aromatic rings. The summed E-state index contributed by atoms with van der Waals surface area (Å²) in [5.74, 6) is -1.06. The highest BCUT2D eigenvalue weighted by molar-refractivity contribution is 8.04. The highest BCUT2D eigenvalue weighted by Crippen LogP contribution is 2.50. The van der Waals surface area contributed by atoms with Gasteiger partial charge in [-0.05, 0) is 26.6 Å². The van der Waals surface area contributed by atoms with E-state index < -0.39 is 14.3 Å². The van der Waals surface area contributed by atoms with Crippen molar-refractivity contribution in [1.29, 1.82) is 0 Å². The molecule has 0 bridgehead atoms. The second-order valence-corrected chi connectivity index (χ2v) is 12.2. The van der Waals surface area contributed by atoms with Gasteiger partial charge >= 0.3 is 5.97 Å². The Hall–Kier alpha value is -1.09. The van der Waals surface area contributed by atoms with Gasteiger partial charge in [0.1, 0.15) is 17.7 Å². The average molecular weight is 358 g/mol. The Bertz CT molecular complexity index is 557. The van der Waals surface area contributed by atoms with Crippen LogP contribution in [0.4, 0.5) is 0 Å². The molecule has 0 aliphatic carbocycles. The monoisotopic (exact) mass is 357 g/mol. The lowest BCUT2D eigenvalue weighted by Crippen LogP contribution is -2.62. The molecule has 23 heavy (non-hydrogen) atoms. The van der Waals surface area contributed by atoms with Crippen LogP contribution in [0.1, 0.15) is 6.92 Å². The van der Waals surface area contributed by atoms with Crippen molar-refractivity contribution >= 4 is 32.0 Å². The number of esters is 1. The Morgan fingerprint density at radius 2 is 2.17 bits per heavy atom. The minimum Gasteiger partial charge on any atom is -0.457 e. The summed E-state index contributed by atoms with van der Waals surface area (Å²) in [4.78, 5) is 26.6. The van der Waals surface area contributed by atoms with Crippen molar-refractivity contribution in [3.63, 3.8) is 0 Å². The van der Waals surface area contributed by atoms with Crippen LogP contribution in [-0.2, 0) is 18.8 Å². The molecule has 0 radical (unpaired) electrons. The van der Waals surface area contributed by atoms with E-state index in [0.717, 1.165) is 0 Å². The van der Waals surface area contributed by atoms with Gasteiger partial charge in [-0.3, -0.25) is 9.69 Å². The van der Waals surface area contributed by atoms with Crippen molar-refractivity contribution in [3.8, 4) is 0 Å². The van der Waals surface area contributed by atoms with E-state index in [-0.39, 0.29) is 42.2 Å². The lowest BCUT2D eigenvalue weighted by atomic mass is 9.92. The lowest BCUT2D eigenvalue weighted by Gasteiger charge is -2.46. The number of aliphatic hydroxyl groups is 1. The van der Waals surface area contributed by atoms with Crippen LogP contribution in [0.25, 0.3) is 0 Å². The Balaban J connectivity index is 2.14. The van der Waals surface area contributed by atoms with Gasteiger partial charge in [-0.15, -0.1) is 0 Å². The molecule has 6 nitrogen and oxygen atoms in total. The maximum atomic E-state index is 12.5. The number of hydrogen-bond acceptors (Lipinski definition) is 6. The topological polar surface area (TPSA) is 76.1 Å². The summed E-state index contributed by atoms with van der Waals surface area (Å²) in [6.07, 6.45) is 1.24. The van der Waals surface area contributed by atoms with Gasteiger partial charge in [0, 0.05) is 4.91 Å². The van der Waals surface area contributed by atoms with E-state index in [4.69, 9.17) is 9.16 Å². The first kappa shape index (κ1) is 18.2. The summed E-state index contributed by atoms with van der Waals surface area (Å²) in [7, 11) is -1.77. The predicted octanol–water partition coefficient (Wildman–Crippen LogP) is 1.69. The van der Waals surface area contributed by atoms with Crippen molar-refractivity contribution in [3.05, 3.63) is 23.3 Å². The third-order valence-corrected chi connectivity index (χ3v) is 6.00. The molecule has 0 aromatic carbocycles. The minimum absolute atomic E-state index is 0.0664. The zero-order chi connectivity index (χ0) is 17.4. The van der Waals surface area contributed by atoms with Gasteiger partial charge in [-0.25, -0.2) is 4.79 Å². The molecule has 0 spiro atoms. The highest BCUT2D eigenvalue weighted by atomic mass is 32.2. The molecule has 0 saturated carbocycles. The molecule has 0 aromatic heterocycles. The molecule has 2 heterocycles. The molecule has 0 unspecified atom stereocenters. The van der Waals surface area contributed by atoms with E-state index in [1.54, 1.807) is 0 Å². The molecule has 8 heteroatoms. The number of carbonyl (C=O) groups is 2. The van der Waals surface area contributed by atoms with Crippen LogP contribution in [0.5, 0.6) is 0 Å². The Kier molecular flexibility index (Phi) is 5.39. The number of thioether (sulfide) groups is 1. The van der Waals surface area contributed by atoms with E-state index in [2.05, 4.69) is 26.2 Å². The molecule has 2 rings (SSSR count). The summed E-state index contributed by atoms with van der Waals surface area (Å²) in [5.41, 5.74) is 0.158. The first-order valence-electron chi connectivity index (χ1n) is 7.51. The highest BCUT2D eigenvalue weighted by Gasteiger charge is 2.58. The van der Waals surface area contributed by atoms with E-state index in [1.807, 2.05) is 6.92 Å². The van der Waals surface area contributed by atoms with Gasteiger partial charge in [0.15, 0.2) is 8.32 Å². The van der Waals surface area contributed by atoms with Gasteiger partial charge in [-0.2, -0.15) is 0 Å². The number of amides is 1. The molecule has 3 atom stereocenters. The molecule has 2 aliphatic rings. The second kappa shape index (κ2) is 6.80. The first-order chi connectivity index (χ1) is 10.7. The molecular weight excluding hydrogens is 334 g/mol. The number of β-lactam (4-membered cyclic amide) rings is 1. The number of fused-ring (bicyclic) bond motifs is 1. The van der Waals surface area contributed by atoms with Crippen LogP contribution in [0, 0.1) is 5.92 Å². The quantitative estimate of drug-likeness (QED) is 0.323. The van der Waals surface area contributed by atoms with E-state index in [1.165, 1.54) is 22.7 Å². The fraction of sp³-hybridized carbons (Fsp3) is 0.600. The number of ether oxygens (including phenoxy) is 1. The van der Waals surface area contributed by atoms with Crippen LogP contribution >= 0.6 is 11.8 Å². The van der Waals surface area contributed by atoms with E-state index >= 15 is 0 Å². The summed E-state index contributed by atoms with van der Waals surface area (Å²) < 4.78 is 11.0. The van der Waals surface area contributed by atoms with Gasteiger partial charge in [0.2, 0.25) is 5.91 Å². The van der Waals surface area contributed by atoms with Crippen molar-refractivity contribution in [2.24, 2.45) is 5.92 Å². The first-order valence-corrected chi connectivity index (χ1v) is 11.8.